The maximum atomic E-state index is 10.7. The van der Waals surface area contributed by atoms with Gasteiger partial charge >= 0.3 is 0 Å². The summed E-state index contributed by atoms with van der Waals surface area (Å²) >= 11 is 3.07. The molecule has 1 aromatic rings. The molecule has 0 spiro atoms. The standard InChI is InChI=1S/C10H14BrN3O3.ClH/c11-8-5-6(14(16)17)4-7(10(8)15)9(13)2-1-3-12;/h4-5,9,15H,1-3,12-13H2;1H/t9-;/m1./s1. The first-order valence-corrected chi connectivity index (χ1v) is 5.89. The van der Waals surface area contributed by atoms with Crippen LogP contribution in [-0.4, -0.2) is 16.6 Å². The van der Waals surface area contributed by atoms with Gasteiger partial charge in [-0.15, -0.1) is 12.4 Å². The van der Waals surface area contributed by atoms with Gasteiger partial charge in [-0.3, -0.25) is 10.1 Å². The molecule has 0 amide bonds. The summed E-state index contributed by atoms with van der Waals surface area (Å²) in [7, 11) is 0. The van der Waals surface area contributed by atoms with Crippen molar-refractivity contribution in [1.29, 1.82) is 0 Å². The van der Waals surface area contributed by atoms with E-state index in [1.165, 1.54) is 12.1 Å². The second kappa shape index (κ2) is 7.52. The molecule has 18 heavy (non-hydrogen) atoms. The number of rotatable bonds is 5. The van der Waals surface area contributed by atoms with Crippen LogP contribution in [0.1, 0.15) is 24.4 Å². The monoisotopic (exact) mass is 339 g/mol. The van der Waals surface area contributed by atoms with Crippen LogP contribution in [-0.2, 0) is 0 Å². The second-order valence-corrected chi connectivity index (χ2v) is 4.51. The molecule has 5 N–H and O–H groups in total. The molecule has 0 saturated heterocycles. The highest BCUT2D eigenvalue weighted by atomic mass is 79.9. The minimum absolute atomic E-state index is 0. The van der Waals surface area contributed by atoms with Gasteiger partial charge in [-0.1, -0.05) is 0 Å². The van der Waals surface area contributed by atoms with Crippen LogP contribution in [0.5, 0.6) is 5.75 Å². The molecule has 8 heteroatoms. The number of nitrogens with two attached hydrogens (primary N) is 2. The van der Waals surface area contributed by atoms with Gasteiger partial charge < -0.3 is 16.6 Å². The van der Waals surface area contributed by atoms with Crippen LogP contribution in [0.4, 0.5) is 5.69 Å². The first kappa shape index (κ1) is 17.1. The minimum Gasteiger partial charge on any atom is -0.506 e. The zero-order chi connectivity index (χ0) is 13.0. The predicted octanol–water partition coefficient (Wildman–Crippen LogP) is 2.22. The van der Waals surface area contributed by atoms with Crippen LogP contribution in [0, 0.1) is 10.1 Å². The smallest absolute Gasteiger partial charge is 0.271 e. The third-order valence-corrected chi connectivity index (χ3v) is 3.01. The van der Waals surface area contributed by atoms with E-state index < -0.39 is 11.0 Å². The Hall–Kier alpha value is -0.890. The molecule has 0 unspecified atom stereocenters. The summed E-state index contributed by atoms with van der Waals surface area (Å²) in [6.07, 6.45) is 1.26. The Bertz CT molecular complexity index is 431. The zero-order valence-electron chi connectivity index (χ0n) is 9.51. The number of nitro groups is 1. The maximum absolute atomic E-state index is 10.7. The molecule has 1 aromatic carbocycles. The zero-order valence-corrected chi connectivity index (χ0v) is 11.9. The van der Waals surface area contributed by atoms with Crippen molar-refractivity contribution in [1.82, 2.24) is 0 Å². The van der Waals surface area contributed by atoms with Gasteiger partial charge in [0.1, 0.15) is 5.75 Å². The average molecular weight is 341 g/mol. The van der Waals surface area contributed by atoms with Crippen molar-refractivity contribution in [3.05, 3.63) is 32.3 Å². The van der Waals surface area contributed by atoms with Crippen molar-refractivity contribution in [3.8, 4) is 5.75 Å². The van der Waals surface area contributed by atoms with Gasteiger partial charge in [-0.05, 0) is 35.3 Å². The van der Waals surface area contributed by atoms with Gasteiger partial charge in [0.15, 0.2) is 0 Å². The van der Waals surface area contributed by atoms with E-state index in [0.29, 0.717) is 24.9 Å². The van der Waals surface area contributed by atoms with Crippen molar-refractivity contribution in [3.63, 3.8) is 0 Å². The van der Waals surface area contributed by atoms with Crippen molar-refractivity contribution < 1.29 is 10.0 Å². The number of phenolic OH excluding ortho intramolecular Hbond substituents is 1. The number of hydrogen-bond donors (Lipinski definition) is 3. The summed E-state index contributed by atoms with van der Waals surface area (Å²) in [6.45, 7) is 0.491. The Labute approximate surface area is 119 Å². The number of hydrogen-bond acceptors (Lipinski definition) is 5. The number of non-ortho nitro benzene ring substituents is 1. The molecular weight excluding hydrogens is 325 g/mol. The Morgan fingerprint density at radius 2 is 2.11 bits per heavy atom. The average Bonchev–Trinajstić information content (AvgIpc) is 2.29. The fourth-order valence-electron chi connectivity index (χ4n) is 1.49. The molecule has 0 saturated carbocycles. The largest absolute Gasteiger partial charge is 0.506 e. The Morgan fingerprint density at radius 3 is 2.61 bits per heavy atom. The van der Waals surface area contributed by atoms with Crippen LogP contribution >= 0.6 is 28.3 Å². The first-order chi connectivity index (χ1) is 7.97. The fourth-order valence-corrected chi connectivity index (χ4v) is 1.95. The fraction of sp³-hybridized carbons (Fsp3) is 0.400. The van der Waals surface area contributed by atoms with Crippen molar-refractivity contribution >= 4 is 34.0 Å². The molecule has 0 heterocycles. The van der Waals surface area contributed by atoms with Crippen LogP contribution in [0.15, 0.2) is 16.6 Å². The Balaban J connectivity index is 0.00000289. The summed E-state index contributed by atoms with van der Waals surface area (Å²) in [6, 6.07) is 2.07. The summed E-state index contributed by atoms with van der Waals surface area (Å²) in [4.78, 5) is 10.2. The lowest BCUT2D eigenvalue weighted by molar-refractivity contribution is -0.385. The number of nitrogens with zero attached hydrogens (tertiary/aromatic N) is 1. The molecule has 0 fully saturated rings. The van der Waals surface area contributed by atoms with Crippen molar-refractivity contribution in [2.45, 2.75) is 18.9 Å². The predicted molar refractivity (Wildman–Crippen MR) is 74.9 cm³/mol. The molecular formula is C10H15BrClN3O3. The van der Waals surface area contributed by atoms with Crippen LogP contribution < -0.4 is 11.5 Å². The van der Waals surface area contributed by atoms with E-state index in [2.05, 4.69) is 15.9 Å². The normalized spacial score (nSPS) is 11.7. The summed E-state index contributed by atoms with van der Waals surface area (Å²) in [5, 5.41) is 20.5. The van der Waals surface area contributed by atoms with E-state index in [4.69, 9.17) is 11.5 Å². The highest BCUT2D eigenvalue weighted by Gasteiger charge is 2.18. The van der Waals surface area contributed by atoms with Gasteiger partial charge in [0.2, 0.25) is 0 Å². The molecule has 1 rings (SSSR count). The summed E-state index contributed by atoms with van der Waals surface area (Å²) in [5.41, 5.74) is 11.5. The van der Waals surface area contributed by atoms with E-state index in [9.17, 15) is 15.2 Å². The van der Waals surface area contributed by atoms with E-state index >= 15 is 0 Å². The molecule has 1 atom stereocenters. The highest BCUT2D eigenvalue weighted by molar-refractivity contribution is 9.10. The molecule has 0 aliphatic carbocycles. The summed E-state index contributed by atoms with van der Waals surface area (Å²) < 4.78 is 0.268. The first-order valence-electron chi connectivity index (χ1n) is 5.09. The highest BCUT2D eigenvalue weighted by Crippen LogP contribution is 2.36. The Morgan fingerprint density at radius 1 is 1.50 bits per heavy atom. The second-order valence-electron chi connectivity index (χ2n) is 3.66. The van der Waals surface area contributed by atoms with E-state index in [1.807, 2.05) is 0 Å². The molecule has 0 aromatic heterocycles. The number of aromatic hydroxyl groups is 1. The lowest BCUT2D eigenvalue weighted by atomic mass is 10.0. The van der Waals surface area contributed by atoms with Crippen LogP contribution in [0.3, 0.4) is 0 Å². The SMILES string of the molecule is Cl.NCCC[C@@H](N)c1cc([N+](=O)[O-])cc(Br)c1O. The molecule has 0 aliphatic rings. The Kier molecular flexibility index (Phi) is 7.15. The molecule has 0 radical (unpaired) electrons. The molecule has 0 bridgehead atoms. The van der Waals surface area contributed by atoms with Crippen LogP contribution in [0.2, 0.25) is 0 Å². The van der Waals surface area contributed by atoms with Gasteiger partial charge in [0, 0.05) is 23.7 Å². The minimum atomic E-state index is -0.524. The number of benzene rings is 1. The third kappa shape index (κ3) is 4.09. The van der Waals surface area contributed by atoms with Crippen molar-refractivity contribution in [2.24, 2.45) is 11.5 Å². The van der Waals surface area contributed by atoms with Gasteiger partial charge in [-0.2, -0.15) is 0 Å². The number of halogens is 2. The lowest BCUT2D eigenvalue weighted by Crippen LogP contribution is -2.13. The molecule has 0 aliphatic heterocycles. The van der Waals surface area contributed by atoms with E-state index in [1.54, 1.807) is 0 Å². The van der Waals surface area contributed by atoms with Crippen molar-refractivity contribution in [2.75, 3.05) is 6.54 Å². The van der Waals surface area contributed by atoms with Crippen LogP contribution in [0.25, 0.3) is 0 Å². The number of nitro benzene ring substituents is 1. The number of phenols is 1. The van der Waals surface area contributed by atoms with Gasteiger partial charge in [-0.25, -0.2) is 0 Å². The van der Waals surface area contributed by atoms with Gasteiger partial charge in [0.25, 0.3) is 5.69 Å². The quantitative estimate of drug-likeness (QED) is 0.561. The lowest BCUT2D eigenvalue weighted by Gasteiger charge is -2.13. The third-order valence-electron chi connectivity index (χ3n) is 2.41. The topological polar surface area (TPSA) is 115 Å². The molecule has 102 valence electrons. The maximum Gasteiger partial charge on any atom is 0.271 e. The van der Waals surface area contributed by atoms with E-state index in [0.717, 1.165) is 0 Å². The summed E-state index contributed by atoms with van der Waals surface area (Å²) in [5.74, 6) is -0.0554. The molecule has 6 nitrogen and oxygen atoms in total. The van der Waals surface area contributed by atoms with Gasteiger partial charge in [0.05, 0.1) is 9.40 Å². The van der Waals surface area contributed by atoms with E-state index in [-0.39, 0.29) is 28.3 Å².